The topological polar surface area (TPSA) is 40.5 Å². The SMILES string of the molecule is CCCC(C)(C=O)CN1CCC(CO)CC1. The number of piperidine rings is 1. The predicted octanol–water partition coefficient (Wildman–Crippen LogP) is 1.70. The summed E-state index contributed by atoms with van der Waals surface area (Å²) in [6, 6.07) is 0. The molecular weight excluding hydrogens is 202 g/mol. The van der Waals surface area contributed by atoms with Crippen molar-refractivity contribution in [2.45, 2.75) is 39.5 Å². The Hall–Kier alpha value is -0.410. The van der Waals surface area contributed by atoms with Gasteiger partial charge in [0.1, 0.15) is 6.29 Å². The zero-order valence-electron chi connectivity index (χ0n) is 10.6. The smallest absolute Gasteiger partial charge is 0.127 e. The molecule has 94 valence electrons. The van der Waals surface area contributed by atoms with E-state index >= 15 is 0 Å². The molecule has 0 bridgehead atoms. The quantitative estimate of drug-likeness (QED) is 0.702. The molecule has 1 aliphatic rings. The minimum Gasteiger partial charge on any atom is -0.396 e. The second-order valence-electron chi connectivity index (χ2n) is 5.42. The third kappa shape index (κ3) is 3.87. The molecule has 1 rings (SSSR count). The first-order chi connectivity index (χ1) is 7.63. The third-order valence-corrected chi connectivity index (χ3v) is 3.66. The van der Waals surface area contributed by atoms with Crippen molar-refractivity contribution in [3.05, 3.63) is 0 Å². The molecule has 0 saturated carbocycles. The van der Waals surface area contributed by atoms with Crippen LogP contribution in [0.25, 0.3) is 0 Å². The number of carbonyl (C=O) groups is 1. The summed E-state index contributed by atoms with van der Waals surface area (Å²) in [4.78, 5) is 13.5. The van der Waals surface area contributed by atoms with Gasteiger partial charge in [-0.3, -0.25) is 0 Å². The number of hydrogen-bond donors (Lipinski definition) is 1. The Labute approximate surface area is 98.8 Å². The van der Waals surface area contributed by atoms with Gasteiger partial charge in [0.2, 0.25) is 0 Å². The van der Waals surface area contributed by atoms with Crippen molar-refractivity contribution < 1.29 is 9.90 Å². The van der Waals surface area contributed by atoms with E-state index in [9.17, 15) is 4.79 Å². The average Bonchev–Trinajstić information content (AvgIpc) is 2.30. The number of rotatable bonds is 6. The lowest BCUT2D eigenvalue weighted by atomic mass is 9.85. The largest absolute Gasteiger partial charge is 0.396 e. The minimum atomic E-state index is -0.180. The Bertz CT molecular complexity index is 212. The highest BCUT2D eigenvalue weighted by molar-refractivity contribution is 5.59. The highest BCUT2D eigenvalue weighted by atomic mass is 16.3. The fourth-order valence-electron chi connectivity index (χ4n) is 2.58. The van der Waals surface area contributed by atoms with Crippen LogP contribution >= 0.6 is 0 Å². The summed E-state index contributed by atoms with van der Waals surface area (Å²) < 4.78 is 0. The van der Waals surface area contributed by atoms with Gasteiger partial charge in [0.05, 0.1) is 0 Å². The molecule has 1 heterocycles. The standard InChI is InChI=1S/C13H25NO2/c1-3-6-13(2,11-16)10-14-7-4-12(9-15)5-8-14/h11-12,15H,3-10H2,1-2H3. The fraction of sp³-hybridized carbons (Fsp3) is 0.923. The van der Waals surface area contributed by atoms with E-state index in [2.05, 4.69) is 18.7 Å². The first-order valence-corrected chi connectivity index (χ1v) is 6.43. The van der Waals surface area contributed by atoms with Crippen molar-refractivity contribution >= 4 is 6.29 Å². The molecule has 3 heteroatoms. The Morgan fingerprint density at radius 2 is 2.06 bits per heavy atom. The maximum Gasteiger partial charge on any atom is 0.127 e. The molecule has 1 aliphatic heterocycles. The summed E-state index contributed by atoms with van der Waals surface area (Å²) in [5.41, 5.74) is -0.180. The molecule has 0 aromatic rings. The second kappa shape index (κ2) is 6.36. The molecule has 0 spiro atoms. The molecule has 1 unspecified atom stereocenters. The lowest BCUT2D eigenvalue weighted by Gasteiger charge is -2.36. The van der Waals surface area contributed by atoms with Gasteiger partial charge in [-0.15, -0.1) is 0 Å². The predicted molar refractivity (Wildman–Crippen MR) is 65.3 cm³/mol. The zero-order chi connectivity index (χ0) is 12.0. The molecule has 0 radical (unpaired) electrons. The van der Waals surface area contributed by atoms with Crippen LogP contribution in [-0.2, 0) is 4.79 Å². The van der Waals surface area contributed by atoms with E-state index in [0.29, 0.717) is 12.5 Å². The summed E-state index contributed by atoms with van der Waals surface area (Å²) in [5.74, 6) is 0.477. The zero-order valence-corrected chi connectivity index (χ0v) is 10.6. The van der Waals surface area contributed by atoms with Crippen LogP contribution in [0.15, 0.2) is 0 Å². The summed E-state index contributed by atoms with van der Waals surface area (Å²) in [5, 5.41) is 9.07. The second-order valence-corrected chi connectivity index (χ2v) is 5.42. The van der Waals surface area contributed by atoms with Crippen LogP contribution in [-0.4, -0.2) is 42.5 Å². The van der Waals surface area contributed by atoms with E-state index in [1.165, 1.54) is 0 Å². The lowest BCUT2D eigenvalue weighted by molar-refractivity contribution is -0.117. The van der Waals surface area contributed by atoms with Crippen LogP contribution in [0.1, 0.15) is 39.5 Å². The van der Waals surface area contributed by atoms with Crippen LogP contribution in [0.2, 0.25) is 0 Å². The fourth-order valence-corrected chi connectivity index (χ4v) is 2.58. The number of carbonyl (C=O) groups excluding carboxylic acids is 1. The van der Waals surface area contributed by atoms with Gasteiger partial charge in [0.15, 0.2) is 0 Å². The van der Waals surface area contributed by atoms with Crippen LogP contribution < -0.4 is 0 Å². The number of hydrogen-bond acceptors (Lipinski definition) is 3. The number of aliphatic hydroxyl groups excluding tert-OH is 1. The van der Waals surface area contributed by atoms with E-state index in [0.717, 1.165) is 51.6 Å². The molecule has 0 amide bonds. The van der Waals surface area contributed by atoms with Gasteiger partial charge in [-0.05, 0) is 38.3 Å². The van der Waals surface area contributed by atoms with Crippen LogP contribution in [0.5, 0.6) is 0 Å². The number of likely N-dealkylation sites (tertiary alicyclic amines) is 1. The van der Waals surface area contributed by atoms with Crippen molar-refractivity contribution in [3.63, 3.8) is 0 Å². The van der Waals surface area contributed by atoms with Gasteiger partial charge in [0.25, 0.3) is 0 Å². The number of nitrogens with zero attached hydrogens (tertiary/aromatic N) is 1. The van der Waals surface area contributed by atoms with Crippen molar-refractivity contribution in [3.8, 4) is 0 Å². The van der Waals surface area contributed by atoms with E-state index in [1.54, 1.807) is 0 Å². The van der Waals surface area contributed by atoms with E-state index in [-0.39, 0.29) is 5.41 Å². The maximum absolute atomic E-state index is 11.1. The molecule has 3 nitrogen and oxygen atoms in total. The first kappa shape index (κ1) is 13.7. The first-order valence-electron chi connectivity index (χ1n) is 6.43. The minimum absolute atomic E-state index is 0.180. The van der Waals surface area contributed by atoms with Crippen LogP contribution in [0.4, 0.5) is 0 Å². The number of aliphatic hydroxyl groups is 1. The molecule has 16 heavy (non-hydrogen) atoms. The summed E-state index contributed by atoms with van der Waals surface area (Å²) in [7, 11) is 0. The number of aldehydes is 1. The highest BCUT2D eigenvalue weighted by Gasteiger charge is 2.28. The molecule has 1 fully saturated rings. The van der Waals surface area contributed by atoms with Crippen LogP contribution in [0, 0.1) is 11.3 Å². The van der Waals surface area contributed by atoms with Gasteiger partial charge in [0, 0.05) is 18.6 Å². The molecule has 0 aromatic heterocycles. The van der Waals surface area contributed by atoms with Gasteiger partial charge >= 0.3 is 0 Å². The molecule has 1 N–H and O–H groups in total. The lowest BCUT2D eigenvalue weighted by Crippen LogP contribution is -2.42. The van der Waals surface area contributed by atoms with Gasteiger partial charge in [-0.2, -0.15) is 0 Å². The maximum atomic E-state index is 11.1. The highest BCUT2D eigenvalue weighted by Crippen LogP contribution is 2.25. The molecule has 0 aromatic carbocycles. The Morgan fingerprint density at radius 1 is 1.44 bits per heavy atom. The third-order valence-electron chi connectivity index (χ3n) is 3.66. The summed E-state index contributed by atoms with van der Waals surface area (Å²) >= 11 is 0. The van der Waals surface area contributed by atoms with Gasteiger partial charge in [-0.25, -0.2) is 0 Å². The average molecular weight is 227 g/mol. The van der Waals surface area contributed by atoms with E-state index in [1.807, 2.05) is 0 Å². The monoisotopic (exact) mass is 227 g/mol. The van der Waals surface area contributed by atoms with Crippen molar-refractivity contribution in [1.29, 1.82) is 0 Å². The Morgan fingerprint density at radius 3 is 2.50 bits per heavy atom. The van der Waals surface area contributed by atoms with Gasteiger partial charge in [-0.1, -0.05) is 20.3 Å². The Balaban J connectivity index is 2.39. The molecule has 1 atom stereocenters. The summed E-state index contributed by atoms with van der Waals surface area (Å²) in [6.45, 7) is 7.42. The summed E-state index contributed by atoms with van der Waals surface area (Å²) in [6.07, 6.45) is 5.28. The molecule has 0 aliphatic carbocycles. The van der Waals surface area contributed by atoms with E-state index in [4.69, 9.17) is 5.11 Å². The van der Waals surface area contributed by atoms with Gasteiger partial charge < -0.3 is 14.8 Å². The normalized spacial score (nSPS) is 22.9. The van der Waals surface area contributed by atoms with Crippen molar-refractivity contribution in [2.24, 2.45) is 11.3 Å². The molecular formula is C13H25NO2. The molecule has 1 saturated heterocycles. The van der Waals surface area contributed by atoms with E-state index < -0.39 is 0 Å². The van der Waals surface area contributed by atoms with Crippen LogP contribution in [0.3, 0.4) is 0 Å². The van der Waals surface area contributed by atoms with Crippen molar-refractivity contribution in [1.82, 2.24) is 4.90 Å². The van der Waals surface area contributed by atoms with Crippen molar-refractivity contribution in [2.75, 3.05) is 26.2 Å². The Kier molecular flexibility index (Phi) is 5.42.